The lowest BCUT2D eigenvalue weighted by Crippen LogP contribution is -2.51. The average molecular weight is 842 g/mol. The van der Waals surface area contributed by atoms with Crippen LogP contribution in [0.3, 0.4) is 0 Å². The van der Waals surface area contributed by atoms with E-state index in [2.05, 4.69) is 93.0 Å². The van der Waals surface area contributed by atoms with Crippen LogP contribution in [-0.4, -0.2) is 106 Å². The van der Waals surface area contributed by atoms with E-state index in [1.165, 1.54) is 14.2 Å². The lowest BCUT2D eigenvalue weighted by Gasteiger charge is -2.30. The van der Waals surface area contributed by atoms with Crippen molar-refractivity contribution in [3.05, 3.63) is 84.7 Å². The highest BCUT2D eigenvalue weighted by Crippen LogP contribution is 2.58. The maximum absolute atomic E-state index is 13.9. The zero-order chi connectivity index (χ0) is 43.7. The van der Waals surface area contributed by atoms with Gasteiger partial charge < -0.3 is 44.9 Å². The van der Waals surface area contributed by atoms with Gasteiger partial charge in [0.25, 0.3) is 0 Å². The number of nitrogens with zero attached hydrogens (tertiary/aromatic N) is 5. The number of hydrogen-bond acceptors (Lipinski definition) is 9. The second-order valence-electron chi connectivity index (χ2n) is 17.4. The third-order valence-electron chi connectivity index (χ3n) is 12.9. The van der Waals surface area contributed by atoms with Gasteiger partial charge in [0.1, 0.15) is 23.7 Å². The van der Waals surface area contributed by atoms with Gasteiger partial charge >= 0.3 is 12.2 Å². The number of amides is 4. The van der Waals surface area contributed by atoms with Crippen molar-refractivity contribution in [3.63, 3.8) is 0 Å². The number of aliphatic imine (C=N–C) groups is 1. The van der Waals surface area contributed by atoms with Crippen LogP contribution in [0.25, 0.3) is 44.4 Å². The minimum absolute atomic E-state index is 0.109. The first-order valence-electron chi connectivity index (χ1n) is 21.4. The number of ether oxygens (including phenoxy) is 2. The van der Waals surface area contributed by atoms with Gasteiger partial charge in [0.05, 0.1) is 50.1 Å². The van der Waals surface area contributed by atoms with Gasteiger partial charge in [0.15, 0.2) is 0 Å². The predicted molar refractivity (Wildman–Crippen MR) is 236 cm³/mol. The molecule has 0 radical (unpaired) electrons. The summed E-state index contributed by atoms with van der Waals surface area (Å²) in [7, 11) is 2.58. The number of benzene rings is 3. The predicted octanol–water partition coefficient (Wildman–Crippen LogP) is 7.45. The highest BCUT2D eigenvalue weighted by atomic mass is 16.5. The Morgan fingerprint density at radius 1 is 0.806 bits per heavy atom. The zero-order valence-electron chi connectivity index (χ0n) is 35.9. The molecule has 2 aromatic heterocycles. The number of hydrogen-bond donors (Lipinski definition) is 4. The summed E-state index contributed by atoms with van der Waals surface area (Å²) in [5.74, 6) is 1.16. The first-order chi connectivity index (χ1) is 29.9. The molecule has 0 unspecified atom stereocenters. The molecule has 1 aliphatic carbocycles. The number of rotatable bonds is 13. The number of nitrogens with one attached hydrogen (secondary N) is 4. The highest BCUT2D eigenvalue weighted by molar-refractivity contribution is 5.91. The monoisotopic (exact) mass is 841 g/mol. The molecule has 3 fully saturated rings. The summed E-state index contributed by atoms with van der Waals surface area (Å²) in [6.07, 6.45) is 6.49. The Morgan fingerprint density at radius 3 is 2.00 bits per heavy atom. The minimum atomic E-state index is -0.712. The lowest BCUT2D eigenvalue weighted by molar-refractivity contribution is -0.136. The molecular formula is C47H55N9O6. The number of methoxy groups -OCH3 is 2. The van der Waals surface area contributed by atoms with E-state index in [0.29, 0.717) is 38.3 Å². The van der Waals surface area contributed by atoms with Gasteiger partial charge in [0.2, 0.25) is 11.8 Å². The van der Waals surface area contributed by atoms with Gasteiger partial charge in [-0.05, 0) is 95.7 Å². The Bertz CT molecular complexity index is 2470. The number of likely N-dealkylation sites (tertiary alicyclic amines) is 2. The Kier molecular flexibility index (Phi) is 11.9. The molecule has 1 saturated carbocycles. The maximum atomic E-state index is 13.9. The largest absolute Gasteiger partial charge is 0.453 e. The molecule has 4 heterocycles. The third-order valence-corrected chi connectivity index (χ3v) is 12.9. The standard InChI is InChI=1S/C47H55N9O6/c1-7-35(53-45(59)61-5)43(57)55-25-28(22-48-4)18-38(55)41-49-23-36(51-41)30-10-8-29(9-11-30)31-12-13-33-20-34(15-14-32(33)19-31)37-24-50-42(52-37)39-21-47(16-17-47)26-56(39)44(58)40(27(2)3)54-46(60)62-6/h8-15,19-20,23-24,27-28,35,38-40H,4,7,16-18,21-22,25-26H2,1-3,5-6H3,(H,49,51)(H,50,52)(H,53,59)(H,54,60)/t28-,35+,38+,39+,40+/m1/s1. The van der Waals surface area contributed by atoms with E-state index in [9.17, 15) is 19.2 Å². The van der Waals surface area contributed by atoms with Crippen molar-refractivity contribution in [2.75, 3.05) is 33.9 Å². The molecule has 1 spiro atoms. The maximum Gasteiger partial charge on any atom is 0.407 e. The Morgan fingerprint density at radius 2 is 1.39 bits per heavy atom. The van der Waals surface area contributed by atoms with E-state index in [0.717, 1.165) is 69.5 Å². The Hall–Kier alpha value is -6.51. The minimum Gasteiger partial charge on any atom is -0.453 e. The number of H-pyrrole nitrogens is 2. The van der Waals surface area contributed by atoms with Gasteiger partial charge in [-0.1, -0.05) is 69.3 Å². The van der Waals surface area contributed by atoms with Crippen molar-refractivity contribution < 1.29 is 28.7 Å². The molecular weight excluding hydrogens is 787 g/mol. The summed E-state index contributed by atoms with van der Waals surface area (Å²) >= 11 is 0. The van der Waals surface area contributed by atoms with Crippen molar-refractivity contribution in [2.45, 2.75) is 77.0 Å². The van der Waals surface area contributed by atoms with E-state index in [4.69, 9.17) is 19.4 Å². The summed E-state index contributed by atoms with van der Waals surface area (Å²) in [5, 5.41) is 7.60. The molecule has 5 aromatic rings. The fourth-order valence-electron chi connectivity index (χ4n) is 9.17. The van der Waals surface area contributed by atoms with Crippen molar-refractivity contribution >= 4 is 41.5 Å². The normalized spacial score (nSPS) is 20.0. The van der Waals surface area contributed by atoms with E-state index < -0.39 is 24.3 Å². The molecule has 4 N–H and O–H groups in total. The molecule has 2 saturated heterocycles. The van der Waals surface area contributed by atoms with Crippen molar-refractivity contribution in [1.29, 1.82) is 0 Å². The molecule has 15 nitrogen and oxygen atoms in total. The average Bonchev–Trinajstić information content (AvgIpc) is 3.78. The quantitative estimate of drug-likeness (QED) is 0.0881. The van der Waals surface area contributed by atoms with Crippen molar-refractivity contribution in [3.8, 4) is 33.6 Å². The zero-order valence-corrected chi connectivity index (χ0v) is 35.9. The van der Waals surface area contributed by atoms with Crippen LogP contribution in [0.15, 0.2) is 78.0 Å². The SMILES string of the molecule is C=NC[C@H]1C[C@@H](c2ncc(-c3ccc(-c4ccc5cc(-c6cnc([C@@H]7CC8(CC8)CN7C(=O)[C@@H](NC(=O)OC)C(C)C)[nH]6)ccc5c4)cc3)[nH]2)N(C(=O)[C@H](CC)NC(=O)OC)C1. The summed E-state index contributed by atoms with van der Waals surface area (Å²) in [5.41, 5.74) is 5.95. The van der Waals surface area contributed by atoms with Crippen LogP contribution in [0.4, 0.5) is 9.59 Å². The van der Waals surface area contributed by atoms with E-state index >= 15 is 0 Å². The second kappa shape index (κ2) is 17.5. The van der Waals surface area contributed by atoms with E-state index in [1.54, 1.807) is 11.1 Å². The second-order valence-corrected chi connectivity index (χ2v) is 17.4. The first-order valence-corrected chi connectivity index (χ1v) is 21.4. The first kappa shape index (κ1) is 42.2. The number of fused-ring (bicyclic) bond motifs is 1. The van der Waals surface area contributed by atoms with Gasteiger partial charge in [0, 0.05) is 25.2 Å². The van der Waals surface area contributed by atoms with Gasteiger partial charge in [-0.2, -0.15) is 0 Å². The number of carbonyl (C=O) groups is 4. The molecule has 62 heavy (non-hydrogen) atoms. The number of aromatic amines is 2. The van der Waals surface area contributed by atoms with Crippen LogP contribution in [0.2, 0.25) is 0 Å². The number of alkyl carbamates (subject to hydrolysis) is 2. The van der Waals surface area contributed by atoms with Crippen LogP contribution in [0.1, 0.15) is 76.6 Å². The molecule has 8 rings (SSSR count). The summed E-state index contributed by atoms with van der Waals surface area (Å²) < 4.78 is 9.58. The van der Waals surface area contributed by atoms with Crippen LogP contribution in [-0.2, 0) is 19.1 Å². The highest BCUT2D eigenvalue weighted by Gasteiger charge is 2.55. The van der Waals surface area contributed by atoms with Crippen LogP contribution >= 0.6 is 0 Å². The molecule has 5 atom stereocenters. The topological polar surface area (TPSA) is 187 Å². The van der Waals surface area contributed by atoms with Crippen LogP contribution in [0.5, 0.6) is 0 Å². The lowest BCUT2D eigenvalue weighted by atomic mass is 9.98. The van der Waals surface area contributed by atoms with Crippen molar-refractivity contribution in [2.24, 2.45) is 22.2 Å². The van der Waals surface area contributed by atoms with E-state index in [1.807, 2.05) is 31.9 Å². The fraction of sp³-hybridized carbons (Fsp3) is 0.426. The smallest absolute Gasteiger partial charge is 0.407 e. The van der Waals surface area contributed by atoms with E-state index in [-0.39, 0.29) is 41.1 Å². The van der Waals surface area contributed by atoms with Gasteiger partial charge in [-0.15, -0.1) is 0 Å². The fourth-order valence-corrected chi connectivity index (χ4v) is 9.17. The summed E-state index contributed by atoms with van der Waals surface area (Å²) in [6.45, 7) is 11.0. The van der Waals surface area contributed by atoms with Crippen LogP contribution in [0, 0.1) is 17.3 Å². The van der Waals surface area contributed by atoms with Crippen molar-refractivity contribution in [1.82, 2.24) is 40.4 Å². The Balaban J connectivity index is 0.961. The Labute approximate surface area is 361 Å². The molecule has 0 bridgehead atoms. The summed E-state index contributed by atoms with van der Waals surface area (Å²) in [4.78, 5) is 76.0. The third kappa shape index (κ3) is 8.52. The number of imidazole rings is 2. The molecule has 324 valence electrons. The van der Waals surface area contributed by atoms with Gasteiger partial charge in [-0.3, -0.25) is 9.59 Å². The summed E-state index contributed by atoms with van der Waals surface area (Å²) in [6, 6.07) is 19.2. The van der Waals surface area contributed by atoms with Crippen LogP contribution < -0.4 is 10.6 Å². The van der Waals surface area contributed by atoms with Gasteiger partial charge in [-0.25, -0.2) is 19.6 Å². The number of carbonyl (C=O) groups excluding carboxylic acids is 4. The molecule has 15 heteroatoms. The molecule has 2 aliphatic heterocycles. The molecule has 3 aromatic carbocycles. The number of aromatic nitrogens is 4. The molecule has 4 amide bonds. The molecule has 3 aliphatic rings.